The van der Waals surface area contributed by atoms with Crippen molar-refractivity contribution in [2.24, 2.45) is 11.8 Å². The molecular weight excluding hydrogens is 344 g/mol. The highest BCUT2D eigenvalue weighted by atomic mass is 32.2. The van der Waals surface area contributed by atoms with E-state index in [0.29, 0.717) is 25.1 Å². The van der Waals surface area contributed by atoms with Crippen LogP contribution in [0.25, 0.3) is 0 Å². The van der Waals surface area contributed by atoms with E-state index in [4.69, 9.17) is 5.11 Å². The van der Waals surface area contributed by atoms with Gasteiger partial charge in [-0.3, -0.25) is 9.59 Å². The number of likely N-dealkylation sites (tertiary alicyclic amines) is 1. The number of carboxylic acids is 1. The van der Waals surface area contributed by atoms with E-state index < -0.39 is 21.9 Å². The zero-order valence-electron chi connectivity index (χ0n) is 14.6. The molecule has 7 nitrogen and oxygen atoms in total. The Bertz CT molecular complexity index is 743. The van der Waals surface area contributed by atoms with Crippen LogP contribution in [0.2, 0.25) is 0 Å². The fourth-order valence-corrected chi connectivity index (χ4v) is 4.29. The van der Waals surface area contributed by atoms with Crippen LogP contribution in [0.4, 0.5) is 0 Å². The van der Waals surface area contributed by atoms with E-state index in [1.165, 1.54) is 24.3 Å². The molecule has 0 spiro atoms. The highest BCUT2D eigenvalue weighted by molar-refractivity contribution is 7.89. The summed E-state index contributed by atoms with van der Waals surface area (Å²) in [6.45, 7) is 6.06. The van der Waals surface area contributed by atoms with Crippen LogP contribution in [-0.4, -0.2) is 49.4 Å². The third-order valence-electron chi connectivity index (χ3n) is 4.31. The minimum atomic E-state index is -3.59. The fourth-order valence-electron chi connectivity index (χ4n) is 3.03. The number of nitrogens with one attached hydrogen (secondary N) is 1. The summed E-state index contributed by atoms with van der Waals surface area (Å²) in [4.78, 5) is 25.5. The number of aliphatic carboxylic acids is 1. The molecule has 1 saturated heterocycles. The van der Waals surface area contributed by atoms with E-state index in [-0.39, 0.29) is 22.8 Å². The second-order valence-electron chi connectivity index (χ2n) is 6.76. The Balaban J connectivity index is 2.10. The van der Waals surface area contributed by atoms with E-state index in [1.807, 2.05) is 6.92 Å². The lowest BCUT2D eigenvalue weighted by Crippen LogP contribution is -2.45. The number of carbonyl (C=O) groups excluding carboxylic acids is 1. The Labute approximate surface area is 148 Å². The summed E-state index contributed by atoms with van der Waals surface area (Å²) in [6.07, 6.45) is 0.424. The van der Waals surface area contributed by atoms with E-state index in [0.717, 1.165) is 0 Å². The predicted molar refractivity (Wildman–Crippen MR) is 92.7 cm³/mol. The molecule has 2 unspecified atom stereocenters. The zero-order valence-corrected chi connectivity index (χ0v) is 15.4. The Morgan fingerprint density at radius 1 is 1.24 bits per heavy atom. The molecule has 0 aromatic heterocycles. The van der Waals surface area contributed by atoms with Gasteiger partial charge in [0.25, 0.3) is 5.91 Å². The van der Waals surface area contributed by atoms with Crippen molar-refractivity contribution in [2.45, 2.75) is 38.1 Å². The summed E-state index contributed by atoms with van der Waals surface area (Å²) in [5, 5.41) is 9.15. The van der Waals surface area contributed by atoms with Crippen molar-refractivity contribution in [3.05, 3.63) is 29.8 Å². The lowest BCUT2D eigenvalue weighted by atomic mass is 9.87. The van der Waals surface area contributed by atoms with E-state index >= 15 is 0 Å². The first-order chi connectivity index (χ1) is 11.6. The van der Waals surface area contributed by atoms with Crippen LogP contribution < -0.4 is 4.72 Å². The van der Waals surface area contributed by atoms with Crippen LogP contribution in [0, 0.1) is 11.8 Å². The zero-order chi connectivity index (χ0) is 18.8. The molecule has 0 saturated carbocycles. The minimum Gasteiger partial charge on any atom is -0.481 e. The van der Waals surface area contributed by atoms with Gasteiger partial charge in [0.1, 0.15) is 0 Å². The first-order valence-electron chi connectivity index (χ1n) is 8.26. The minimum absolute atomic E-state index is 0.107. The van der Waals surface area contributed by atoms with Crippen molar-refractivity contribution in [2.75, 3.05) is 13.1 Å². The van der Waals surface area contributed by atoms with Crippen LogP contribution >= 0.6 is 0 Å². The number of carbonyl (C=O) groups is 2. The van der Waals surface area contributed by atoms with Gasteiger partial charge in [-0.2, -0.15) is 0 Å². The Hall–Kier alpha value is -1.93. The molecule has 1 heterocycles. The molecule has 0 radical (unpaired) electrons. The number of sulfonamides is 1. The number of carboxylic acid groups (broad SMARTS) is 1. The Kier molecular flexibility index (Phi) is 5.84. The lowest BCUT2D eigenvalue weighted by Gasteiger charge is -2.35. The van der Waals surface area contributed by atoms with Gasteiger partial charge in [0.05, 0.1) is 10.8 Å². The summed E-state index contributed by atoms with van der Waals surface area (Å²) in [5.74, 6) is -1.59. The largest absolute Gasteiger partial charge is 0.481 e. The van der Waals surface area contributed by atoms with Gasteiger partial charge in [0, 0.05) is 24.7 Å². The quantitative estimate of drug-likeness (QED) is 0.821. The summed E-state index contributed by atoms with van der Waals surface area (Å²) in [5.41, 5.74) is 0.393. The van der Waals surface area contributed by atoms with E-state index in [1.54, 1.807) is 18.7 Å². The van der Waals surface area contributed by atoms with Crippen molar-refractivity contribution in [3.8, 4) is 0 Å². The number of hydrogen-bond acceptors (Lipinski definition) is 4. The number of nitrogens with zero attached hydrogens (tertiary/aromatic N) is 1. The lowest BCUT2D eigenvalue weighted by molar-refractivity contribution is -0.145. The van der Waals surface area contributed by atoms with Crippen LogP contribution in [0.5, 0.6) is 0 Å². The van der Waals surface area contributed by atoms with Gasteiger partial charge in [0.15, 0.2) is 0 Å². The van der Waals surface area contributed by atoms with Gasteiger partial charge < -0.3 is 10.0 Å². The average molecular weight is 368 g/mol. The van der Waals surface area contributed by atoms with Crippen molar-refractivity contribution in [1.82, 2.24) is 9.62 Å². The smallest absolute Gasteiger partial charge is 0.306 e. The van der Waals surface area contributed by atoms with Crippen molar-refractivity contribution >= 4 is 21.9 Å². The summed E-state index contributed by atoms with van der Waals surface area (Å²) < 4.78 is 26.7. The van der Waals surface area contributed by atoms with Gasteiger partial charge in [-0.25, -0.2) is 13.1 Å². The van der Waals surface area contributed by atoms with Gasteiger partial charge in [0.2, 0.25) is 10.0 Å². The molecule has 1 amide bonds. The van der Waals surface area contributed by atoms with Gasteiger partial charge in [-0.15, -0.1) is 0 Å². The standard InChI is InChI=1S/C17H24N2O5S/c1-11(2)18-25(23,24)14-6-4-13(5-7-14)16(20)19-9-8-15(17(21)22)12(3)10-19/h4-7,11-12,15,18H,8-10H2,1-3H3,(H,21,22). The van der Waals surface area contributed by atoms with Crippen molar-refractivity contribution < 1.29 is 23.1 Å². The summed E-state index contributed by atoms with van der Waals surface area (Å²) in [6, 6.07) is 5.58. The highest BCUT2D eigenvalue weighted by Gasteiger charge is 2.33. The monoisotopic (exact) mass is 368 g/mol. The normalized spacial score (nSPS) is 21.4. The number of rotatable bonds is 5. The maximum Gasteiger partial charge on any atom is 0.306 e. The summed E-state index contributed by atoms with van der Waals surface area (Å²) >= 11 is 0. The summed E-state index contributed by atoms with van der Waals surface area (Å²) in [7, 11) is -3.59. The second-order valence-corrected chi connectivity index (χ2v) is 8.48. The van der Waals surface area contributed by atoms with Crippen LogP contribution in [0.1, 0.15) is 37.6 Å². The maximum atomic E-state index is 12.6. The molecule has 2 rings (SSSR count). The van der Waals surface area contributed by atoms with Gasteiger partial charge in [-0.1, -0.05) is 6.92 Å². The Morgan fingerprint density at radius 3 is 2.32 bits per heavy atom. The molecule has 1 aliphatic rings. The maximum absolute atomic E-state index is 12.6. The molecule has 0 aliphatic carbocycles. The first-order valence-corrected chi connectivity index (χ1v) is 9.74. The highest BCUT2D eigenvalue weighted by Crippen LogP contribution is 2.25. The van der Waals surface area contributed by atoms with Crippen molar-refractivity contribution in [3.63, 3.8) is 0 Å². The number of amides is 1. The van der Waals surface area contributed by atoms with Crippen LogP contribution in [0.15, 0.2) is 29.2 Å². The number of hydrogen-bond donors (Lipinski definition) is 2. The first kappa shape index (κ1) is 19.4. The molecule has 8 heteroatoms. The Morgan fingerprint density at radius 2 is 1.84 bits per heavy atom. The molecule has 25 heavy (non-hydrogen) atoms. The van der Waals surface area contributed by atoms with Crippen molar-refractivity contribution in [1.29, 1.82) is 0 Å². The van der Waals surface area contributed by atoms with E-state index in [2.05, 4.69) is 4.72 Å². The van der Waals surface area contributed by atoms with Gasteiger partial charge in [-0.05, 0) is 50.5 Å². The number of benzene rings is 1. The molecule has 1 fully saturated rings. The molecule has 1 aromatic rings. The predicted octanol–water partition coefficient (Wildman–Crippen LogP) is 1.56. The second kappa shape index (κ2) is 7.53. The van der Waals surface area contributed by atoms with Crippen LogP contribution in [-0.2, 0) is 14.8 Å². The van der Waals surface area contributed by atoms with E-state index in [9.17, 15) is 18.0 Å². The molecule has 2 atom stereocenters. The molecular formula is C17H24N2O5S. The topological polar surface area (TPSA) is 104 Å². The molecule has 0 bridgehead atoms. The average Bonchev–Trinajstić information content (AvgIpc) is 2.52. The third kappa shape index (κ3) is 4.58. The molecule has 138 valence electrons. The SMILES string of the molecule is CC(C)NS(=O)(=O)c1ccc(C(=O)N2CCC(C(=O)O)C(C)C2)cc1. The van der Waals surface area contributed by atoms with Gasteiger partial charge >= 0.3 is 5.97 Å². The fraction of sp³-hybridized carbons (Fsp3) is 0.529. The molecule has 1 aliphatic heterocycles. The number of piperidine rings is 1. The van der Waals surface area contributed by atoms with Crippen LogP contribution in [0.3, 0.4) is 0 Å². The molecule has 2 N–H and O–H groups in total. The third-order valence-corrected chi connectivity index (χ3v) is 5.99. The molecule has 1 aromatic carbocycles.